The normalized spacial score (nSPS) is 20.0. The number of rotatable bonds is 3. The largest absolute Gasteiger partial charge is 0.342 e. The molecule has 1 aromatic carbocycles. The molecule has 0 bridgehead atoms. The topological polar surface area (TPSA) is 79.7 Å². The van der Waals surface area contributed by atoms with Crippen molar-refractivity contribution in [2.24, 2.45) is 13.0 Å². The molecule has 2 aliphatic rings. The Hall–Kier alpha value is -1.71. The van der Waals surface area contributed by atoms with Crippen LogP contribution in [0.1, 0.15) is 32.1 Å². The number of aryl methyl sites for hydroxylation is 1. The van der Waals surface area contributed by atoms with Gasteiger partial charge in [-0.3, -0.25) is 9.59 Å². The van der Waals surface area contributed by atoms with Crippen molar-refractivity contribution in [1.82, 2.24) is 13.8 Å². The molecule has 0 aliphatic carbocycles. The molecule has 2 saturated heterocycles. The quantitative estimate of drug-likeness (QED) is 0.757. The first-order valence-electron chi connectivity index (χ1n) is 9.76. The fourth-order valence-corrected chi connectivity index (χ4v) is 6.63. The van der Waals surface area contributed by atoms with Gasteiger partial charge in [0.2, 0.25) is 15.9 Å². The maximum absolute atomic E-state index is 13.1. The highest BCUT2D eigenvalue weighted by atomic mass is 32.2. The van der Waals surface area contributed by atoms with Gasteiger partial charge in [-0.2, -0.15) is 4.31 Å². The number of carbonyl (C=O) groups is 1. The van der Waals surface area contributed by atoms with Crippen molar-refractivity contribution in [3.05, 3.63) is 27.9 Å². The van der Waals surface area contributed by atoms with E-state index in [4.69, 9.17) is 0 Å². The second kappa shape index (κ2) is 7.61. The van der Waals surface area contributed by atoms with Crippen molar-refractivity contribution in [3.63, 3.8) is 0 Å². The molecule has 2 aromatic rings. The molecule has 1 amide bonds. The zero-order valence-electron chi connectivity index (χ0n) is 16.0. The zero-order valence-corrected chi connectivity index (χ0v) is 17.6. The van der Waals surface area contributed by atoms with Gasteiger partial charge in [-0.1, -0.05) is 11.3 Å². The SMILES string of the molecule is Cn1c(=O)sc2cc(S(=O)(=O)N3CCC(C(=O)N4CCCCC4)CC3)ccc21. The lowest BCUT2D eigenvalue weighted by Crippen LogP contribution is -2.45. The molecule has 0 N–H and O–H groups in total. The van der Waals surface area contributed by atoms with Crippen molar-refractivity contribution in [2.75, 3.05) is 26.2 Å². The molecule has 152 valence electrons. The molecule has 9 heteroatoms. The third-order valence-corrected chi connectivity index (χ3v) is 8.76. The standard InChI is InChI=1S/C19H25N3O4S2/c1-20-16-6-5-15(13-17(16)27-19(20)24)28(25,26)22-11-7-14(8-12-22)18(23)21-9-3-2-4-10-21/h5-6,13-14H,2-4,7-12H2,1H3. The minimum Gasteiger partial charge on any atom is -0.342 e. The van der Waals surface area contributed by atoms with Gasteiger partial charge in [0.1, 0.15) is 0 Å². The van der Waals surface area contributed by atoms with E-state index >= 15 is 0 Å². The van der Waals surface area contributed by atoms with Crippen LogP contribution in [0.4, 0.5) is 0 Å². The second-order valence-electron chi connectivity index (χ2n) is 7.62. The van der Waals surface area contributed by atoms with E-state index < -0.39 is 10.0 Å². The number of aromatic nitrogens is 1. The van der Waals surface area contributed by atoms with Gasteiger partial charge in [-0.25, -0.2) is 8.42 Å². The highest BCUT2D eigenvalue weighted by molar-refractivity contribution is 7.89. The van der Waals surface area contributed by atoms with Crippen LogP contribution in [-0.2, 0) is 21.9 Å². The Morgan fingerprint density at radius 3 is 2.43 bits per heavy atom. The molecule has 3 heterocycles. The summed E-state index contributed by atoms with van der Waals surface area (Å²) >= 11 is 1.05. The summed E-state index contributed by atoms with van der Waals surface area (Å²) in [6.07, 6.45) is 4.44. The highest BCUT2D eigenvalue weighted by Crippen LogP contribution is 2.28. The smallest absolute Gasteiger partial charge is 0.307 e. The number of sulfonamides is 1. The Kier molecular flexibility index (Phi) is 5.32. The van der Waals surface area contributed by atoms with Gasteiger partial charge in [0.15, 0.2) is 0 Å². The molecule has 0 unspecified atom stereocenters. The molecule has 2 aliphatic heterocycles. The molecule has 0 radical (unpaired) electrons. The molecule has 7 nitrogen and oxygen atoms in total. The Morgan fingerprint density at radius 2 is 1.75 bits per heavy atom. The van der Waals surface area contributed by atoms with Gasteiger partial charge < -0.3 is 9.47 Å². The van der Waals surface area contributed by atoms with Crippen molar-refractivity contribution in [1.29, 1.82) is 0 Å². The van der Waals surface area contributed by atoms with Crippen molar-refractivity contribution in [2.45, 2.75) is 37.0 Å². The first-order chi connectivity index (χ1) is 13.4. The number of thiazole rings is 1. The molecular formula is C19H25N3O4S2. The summed E-state index contributed by atoms with van der Waals surface area (Å²) in [5, 5.41) is 0. The van der Waals surface area contributed by atoms with E-state index in [0.29, 0.717) is 30.6 Å². The van der Waals surface area contributed by atoms with Crippen molar-refractivity contribution < 1.29 is 13.2 Å². The first-order valence-corrected chi connectivity index (χ1v) is 12.0. The third-order valence-electron chi connectivity index (χ3n) is 5.87. The number of hydrogen-bond acceptors (Lipinski definition) is 5. The van der Waals surface area contributed by atoms with Crippen LogP contribution in [0.3, 0.4) is 0 Å². The van der Waals surface area contributed by atoms with Gasteiger partial charge in [0.25, 0.3) is 0 Å². The van der Waals surface area contributed by atoms with E-state index in [1.54, 1.807) is 25.2 Å². The second-order valence-corrected chi connectivity index (χ2v) is 10.6. The predicted molar refractivity (Wildman–Crippen MR) is 109 cm³/mol. The van der Waals surface area contributed by atoms with Crippen LogP contribution in [0.25, 0.3) is 10.2 Å². The summed E-state index contributed by atoms with van der Waals surface area (Å²) in [6.45, 7) is 2.37. The Morgan fingerprint density at radius 1 is 1.07 bits per heavy atom. The van der Waals surface area contributed by atoms with E-state index in [1.165, 1.54) is 15.3 Å². The number of carbonyl (C=O) groups excluding carboxylic acids is 1. The number of amides is 1. The molecule has 1 aromatic heterocycles. The Labute approximate surface area is 168 Å². The van der Waals surface area contributed by atoms with E-state index in [-0.39, 0.29) is 21.6 Å². The maximum Gasteiger partial charge on any atom is 0.307 e. The van der Waals surface area contributed by atoms with Crippen LogP contribution < -0.4 is 4.87 Å². The van der Waals surface area contributed by atoms with Crippen LogP contribution in [0.2, 0.25) is 0 Å². The lowest BCUT2D eigenvalue weighted by molar-refractivity contribution is -0.137. The molecule has 0 saturated carbocycles. The van der Waals surface area contributed by atoms with E-state index in [2.05, 4.69) is 0 Å². The predicted octanol–water partition coefficient (Wildman–Crippen LogP) is 2.01. The van der Waals surface area contributed by atoms with Gasteiger partial charge >= 0.3 is 4.87 Å². The van der Waals surface area contributed by atoms with Crippen LogP contribution >= 0.6 is 11.3 Å². The molecule has 2 fully saturated rings. The summed E-state index contributed by atoms with van der Waals surface area (Å²) in [6, 6.07) is 4.84. The van der Waals surface area contributed by atoms with Crippen LogP contribution in [-0.4, -0.2) is 54.3 Å². The van der Waals surface area contributed by atoms with E-state index in [9.17, 15) is 18.0 Å². The number of likely N-dealkylation sites (tertiary alicyclic amines) is 1. The number of fused-ring (bicyclic) bond motifs is 1. The van der Waals surface area contributed by atoms with Crippen LogP contribution in [0, 0.1) is 5.92 Å². The number of benzene rings is 1. The average molecular weight is 424 g/mol. The maximum atomic E-state index is 13.1. The lowest BCUT2D eigenvalue weighted by atomic mass is 9.95. The number of hydrogen-bond donors (Lipinski definition) is 0. The Balaban J connectivity index is 1.47. The summed E-state index contributed by atoms with van der Waals surface area (Å²) in [5.41, 5.74) is 0.736. The van der Waals surface area contributed by atoms with Gasteiger partial charge in [0, 0.05) is 39.1 Å². The fraction of sp³-hybridized carbons (Fsp3) is 0.579. The summed E-state index contributed by atoms with van der Waals surface area (Å²) in [5.74, 6) is 0.110. The average Bonchev–Trinajstić information content (AvgIpc) is 3.01. The van der Waals surface area contributed by atoms with Crippen molar-refractivity contribution in [3.8, 4) is 0 Å². The van der Waals surface area contributed by atoms with Gasteiger partial charge in [-0.05, 0) is 50.3 Å². The molecular weight excluding hydrogens is 398 g/mol. The van der Waals surface area contributed by atoms with Crippen molar-refractivity contribution >= 4 is 37.5 Å². The van der Waals surface area contributed by atoms with E-state index in [0.717, 1.165) is 42.8 Å². The third kappa shape index (κ3) is 3.51. The lowest BCUT2D eigenvalue weighted by Gasteiger charge is -2.35. The number of nitrogens with zero attached hydrogens (tertiary/aromatic N) is 3. The molecule has 0 spiro atoms. The zero-order chi connectivity index (χ0) is 19.9. The van der Waals surface area contributed by atoms with Crippen LogP contribution in [0.15, 0.2) is 27.9 Å². The summed E-state index contributed by atoms with van der Waals surface area (Å²) in [4.78, 5) is 26.6. The highest BCUT2D eigenvalue weighted by Gasteiger charge is 2.34. The summed E-state index contributed by atoms with van der Waals surface area (Å²) in [7, 11) is -1.95. The van der Waals surface area contributed by atoms with Gasteiger partial charge in [0.05, 0.1) is 15.1 Å². The minimum atomic E-state index is -3.63. The van der Waals surface area contributed by atoms with Gasteiger partial charge in [-0.15, -0.1) is 0 Å². The first kappa shape index (κ1) is 19.6. The number of piperidine rings is 2. The summed E-state index contributed by atoms with van der Waals surface area (Å²) < 4.78 is 29.8. The Bertz CT molecular complexity index is 1040. The fourth-order valence-electron chi connectivity index (χ4n) is 4.14. The minimum absolute atomic E-state index is 0.0774. The molecule has 4 rings (SSSR count). The van der Waals surface area contributed by atoms with E-state index in [1.807, 2.05) is 4.90 Å². The van der Waals surface area contributed by atoms with Crippen LogP contribution in [0.5, 0.6) is 0 Å². The molecule has 28 heavy (non-hydrogen) atoms. The monoisotopic (exact) mass is 423 g/mol. The molecule has 0 atom stereocenters.